The first-order chi connectivity index (χ1) is 13.1. The summed E-state index contributed by atoms with van der Waals surface area (Å²) in [5.41, 5.74) is 2.44. The molecule has 2 aromatic carbocycles. The van der Waals surface area contributed by atoms with E-state index in [0.717, 1.165) is 12.3 Å². The molecule has 0 radical (unpaired) electrons. The topological polar surface area (TPSA) is 25.4 Å². The summed E-state index contributed by atoms with van der Waals surface area (Å²) in [7, 11) is 0. The van der Waals surface area contributed by atoms with Gasteiger partial charge in [-0.3, -0.25) is 0 Å². The monoisotopic (exact) mass is 430 g/mol. The minimum Gasteiger partial charge on any atom is -0.421 e. The molecule has 1 aromatic heterocycles. The highest BCUT2D eigenvalue weighted by Gasteiger charge is 2.41. The molecule has 27 heavy (non-hydrogen) atoms. The summed E-state index contributed by atoms with van der Waals surface area (Å²) in [6.45, 7) is 0.702. The molecule has 7 heteroatoms. The van der Waals surface area contributed by atoms with E-state index in [0.29, 0.717) is 16.8 Å². The van der Waals surface area contributed by atoms with Crippen molar-refractivity contribution in [2.45, 2.75) is 21.5 Å². The Bertz CT molecular complexity index is 929. The maximum absolute atomic E-state index is 6.08. The normalized spacial score (nSPS) is 19.2. The quantitative estimate of drug-likeness (QED) is 0.491. The van der Waals surface area contributed by atoms with Crippen molar-refractivity contribution in [3.8, 4) is 5.88 Å². The van der Waals surface area contributed by atoms with Crippen molar-refractivity contribution < 1.29 is 4.74 Å². The molecule has 2 heterocycles. The Morgan fingerprint density at radius 3 is 2.30 bits per heavy atom. The van der Waals surface area contributed by atoms with Gasteiger partial charge in [0.15, 0.2) is 4.34 Å². The van der Waals surface area contributed by atoms with Gasteiger partial charge in [-0.15, -0.1) is 36.6 Å². The Labute approximate surface area is 178 Å². The summed E-state index contributed by atoms with van der Waals surface area (Å²) >= 11 is 12.5. The zero-order valence-electron chi connectivity index (χ0n) is 14.4. The molecule has 3 nitrogen and oxygen atoms in total. The van der Waals surface area contributed by atoms with E-state index in [1.165, 1.54) is 22.5 Å². The fourth-order valence-electron chi connectivity index (χ4n) is 2.89. The van der Waals surface area contributed by atoms with Gasteiger partial charge < -0.3 is 9.64 Å². The molecular weight excluding hydrogens is 413 g/mol. The van der Waals surface area contributed by atoms with E-state index >= 15 is 0 Å². The van der Waals surface area contributed by atoms with Gasteiger partial charge in [0, 0.05) is 18.4 Å². The molecule has 0 saturated carbocycles. The Kier molecular flexibility index (Phi) is 5.73. The van der Waals surface area contributed by atoms with Crippen molar-refractivity contribution in [3.63, 3.8) is 0 Å². The summed E-state index contributed by atoms with van der Waals surface area (Å²) < 4.78 is 6.33. The van der Waals surface area contributed by atoms with E-state index in [-0.39, 0.29) is 0 Å². The van der Waals surface area contributed by atoms with Gasteiger partial charge in [0.2, 0.25) is 11.8 Å². The van der Waals surface area contributed by atoms with Crippen LogP contribution in [0.2, 0.25) is 0 Å². The van der Waals surface area contributed by atoms with E-state index in [1.54, 1.807) is 11.8 Å². The molecule has 0 amide bonds. The van der Waals surface area contributed by atoms with Gasteiger partial charge in [0.25, 0.3) is 0 Å². The van der Waals surface area contributed by atoms with Crippen LogP contribution in [-0.2, 0) is 13.0 Å². The first kappa shape index (κ1) is 18.8. The molecule has 1 aliphatic heterocycles. The number of nitrogens with zero attached hydrogens (tertiary/aromatic N) is 2. The molecule has 0 N–H and O–H groups in total. The molecular formula is C20H18N2OS4. The summed E-state index contributed by atoms with van der Waals surface area (Å²) in [5, 5.41) is 3.89. The van der Waals surface area contributed by atoms with Crippen LogP contribution in [0, 0.1) is 0 Å². The highest BCUT2D eigenvalue weighted by atomic mass is 32.2. The SMILES string of the molecule is Sc1nc(OC2=CSC(S)(Cc3ccccc3)N2Cc2ccccc2)cs1. The van der Waals surface area contributed by atoms with Gasteiger partial charge in [0.05, 0.1) is 5.38 Å². The Morgan fingerprint density at radius 1 is 1.00 bits per heavy atom. The highest BCUT2D eigenvalue weighted by molar-refractivity contribution is 8.13. The third-order valence-electron chi connectivity index (χ3n) is 4.18. The van der Waals surface area contributed by atoms with Crippen LogP contribution in [0.3, 0.4) is 0 Å². The fraction of sp³-hybridized carbons (Fsp3) is 0.150. The van der Waals surface area contributed by atoms with E-state index in [1.807, 2.05) is 35.1 Å². The predicted molar refractivity (Wildman–Crippen MR) is 120 cm³/mol. The van der Waals surface area contributed by atoms with Gasteiger partial charge in [-0.1, -0.05) is 72.4 Å². The van der Waals surface area contributed by atoms with Gasteiger partial charge in [-0.25, -0.2) is 0 Å². The van der Waals surface area contributed by atoms with Crippen LogP contribution in [0.1, 0.15) is 11.1 Å². The number of hydrogen-bond donors (Lipinski definition) is 2. The lowest BCUT2D eigenvalue weighted by Crippen LogP contribution is -2.40. The lowest BCUT2D eigenvalue weighted by molar-refractivity contribution is 0.186. The molecule has 0 aliphatic carbocycles. The minimum absolute atomic E-state index is 0.438. The maximum Gasteiger partial charge on any atom is 0.233 e. The smallest absolute Gasteiger partial charge is 0.233 e. The molecule has 0 fully saturated rings. The van der Waals surface area contributed by atoms with Gasteiger partial charge >= 0.3 is 0 Å². The average Bonchev–Trinajstić information content (AvgIpc) is 3.22. The summed E-state index contributed by atoms with van der Waals surface area (Å²) in [6.07, 6.45) is 0.784. The highest BCUT2D eigenvalue weighted by Crippen LogP contribution is 2.47. The number of hydrogen-bond acceptors (Lipinski definition) is 7. The zero-order valence-corrected chi connectivity index (χ0v) is 17.8. The van der Waals surface area contributed by atoms with Crippen LogP contribution in [0.4, 0.5) is 0 Å². The number of thiazole rings is 1. The summed E-state index contributed by atoms with van der Waals surface area (Å²) in [6, 6.07) is 20.8. The second-order valence-corrected chi connectivity index (χ2v) is 9.90. The molecule has 1 unspecified atom stereocenters. The largest absolute Gasteiger partial charge is 0.421 e. The zero-order chi connectivity index (χ0) is 18.7. The first-order valence-corrected chi connectivity index (χ1v) is 11.1. The molecule has 0 spiro atoms. The Hall–Kier alpha value is -1.54. The van der Waals surface area contributed by atoms with Crippen molar-refractivity contribution in [3.05, 3.63) is 88.5 Å². The fourth-order valence-corrected chi connectivity index (χ4v) is 5.11. The van der Waals surface area contributed by atoms with E-state index in [9.17, 15) is 0 Å². The molecule has 0 saturated heterocycles. The van der Waals surface area contributed by atoms with Crippen molar-refractivity contribution in [1.29, 1.82) is 0 Å². The molecule has 1 atom stereocenters. The van der Waals surface area contributed by atoms with Gasteiger partial charge in [-0.05, 0) is 11.1 Å². The summed E-state index contributed by atoms with van der Waals surface area (Å²) in [4.78, 5) is 6.50. The van der Waals surface area contributed by atoms with Crippen LogP contribution in [-0.4, -0.2) is 14.1 Å². The average molecular weight is 431 g/mol. The second-order valence-electron chi connectivity index (χ2n) is 6.12. The van der Waals surface area contributed by atoms with E-state index < -0.39 is 4.20 Å². The molecule has 0 bridgehead atoms. The Morgan fingerprint density at radius 2 is 1.67 bits per heavy atom. The lowest BCUT2D eigenvalue weighted by Gasteiger charge is -2.36. The van der Waals surface area contributed by atoms with Crippen LogP contribution >= 0.6 is 48.4 Å². The second kappa shape index (κ2) is 8.22. The van der Waals surface area contributed by atoms with E-state index in [2.05, 4.69) is 58.9 Å². The van der Waals surface area contributed by atoms with Crippen LogP contribution in [0.15, 0.2) is 81.7 Å². The van der Waals surface area contributed by atoms with Gasteiger partial charge in [0.1, 0.15) is 4.20 Å². The number of benzene rings is 2. The number of thioether (sulfide) groups is 1. The van der Waals surface area contributed by atoms with E-state index in [4.69, 9.17) is 17.4 Å². The maximum atomic E-state index is 6.08. The van der Waals surface area contributed by atoms with Crippen molar-refractivity contribution >= 4 is 48.4 Å². The molecule has 3 aromatic rings. The van der Waals surface area contributed by atoms with Crippen molar-refractivity contribution in [2.75, 3.05) is 0 Å². The minimum atomic E-state index is -0.438. The first-order valence-electron chi connectivity index (χ1n) is 8.41. The number of aromatic nitrogens is 1. The Balaban J connectivity index is 1.60. The molecule has 1 aliphatic rings. The molecule has 138 valence electrons. The standard InChI is InChI=1S/C20H18N2OS4/c24-19-21-17(13-26-19)23-18-14-27-20(25,11-15-7-3-1-4-8-15)22(18)12-16-9-5-2-6-10-16/h1-10,13-14,25H,11-12H2,(H,21,24). The van der Waals surface area contributed by atoms with Crippen LogP contribution in [0.25, 0.3) is 0 Å². The van der Waals surface area contributed by atoms with Crippen molar-refractivity contribution in [1.82, 2.24) is 9.88 Å². The third kappa shape index (κ3) is 4.48. The predicted octanol–water partition coefficient (Wildman–Crippen LogP) is 5.68. The summed E-state index contributed by atoms with van der Waals surface area (Å²) in [5.74, 6) is 1.32. The van der Waals surface area contributed by atoms with Crippen LogP contribution in [0.5, 0.6) is 5.88 Å². The molecule has 4 rings (SSSR count). The third-order valence-corrected chi connectivity index (χ3v) is 6.99. The lowest BCUT2D eigenvalue weighted by atomic mass is 10.1. The van der Waals surface area contributed by atoms with Crippen molar-refractivity contribution in [2.24, 2.45) is 0 Å². The number of thiol groups is 2. The van der Waals surface area contributed by atoms with Gasteiger partial charge in [-0.2, -0.15) is 4.98 Å². The number of rotatable bonds is 6. The number of ether oxygens (including phenoxy) is 1. The van der Waals surface area contributed by atoms with Crippen LogP contribution < -0.4 is 4.74 Å².